The quantitative estimate of drug-likeness (QED) is 0.718. The number of carbonyl (C=O) groups is 1. The van der Waals surface area contributed by atoms with Crippen LogP contribution in [0, 0.1) is 20.8 Å². The van der Waals surface area contributed by atoms with Crippen molar-refractivity contribution in [3.8, 4) is 11.3 Å². The molecule has 28 heavy (non-hydrogen) atoms. The average molecular weight is 375 g/mol. The molecular weight excluding hydrogens is 350 g/mol. The monoisotopic (exact) mass is 375 g/mol. The van der Waals surface area contributed by atoms with Crippen molar-refractivity contribution in [3.05, 3.63) is 81.6 Å². The fraction of sp³-hybridized carbons (Fsp3) is 0.261. The normalized spacial score (nSPS) is 11.9. The summed E-state index contributed by atoms with van der Waals surface area (Å²) in [4.78, 5) is 25.3. The molecule has 2 aromatic carbocycles. The molecule has 5 nitrogen and oxygen atoms in total. The number of carbonyl (C=O) groups excluding carboxylic acids is 1. The molecule has 0 radical (unpaired) electrons. The molecule has 1 aromatic heterocycles. The average Bonchev–Trinajstić information content (AvgIpc) is 2.67. The molecule has 0 saturated carbocycles. The number of aromatic nitrogens is 2. The second-order valence-electron chi connectivity index (χ2n) is 7.10. The molecule has 0 fully saturated rings. The Balaban J connectivity index is 1.96. The van der Waals surface area contributed by atoms with Crippen LogP contribution in [0.3, 0.4) is 0 Å². The summed E-state index contributed by atoms with van der Waals surface area (Å²) in [5.74, 6) is -0.251. The van der Waals surface area contributed by atoms with E-state index in [4.69, 9.17) is 0 Å². The molecule has 0 spiro atoms. The van der Waals surface area contributed by atoms with Gasteiger partial charge in [-0.15, -0.1) is 0 Å². The number of nitrogens with zero attached hydrogens (tertiary/aromatic N) is 2. The lowest BCUT2D eigenvalue weighted by atomic mass is 10.0. The van der Waals surface area contributed by atoms with Gasteiger partial charge in [-0.25, -0.2) is 4.68 Å². The van der Waals surface area contributed by atoms with Gasteiger partial charge in [-0.1, -0.05) is 42.3 Å². The second-order valence-corrected chi connectivity index (χ2v) is 7.10. The third-order valence-corrected chi connectivity index (χ3v) is 4.80. The summed E-state index contributed by atoms with van der Waals surface area (Å²) in [6.07, 6.45) is 0.459. The lowest BCUT2D eigenvalue weighted by Crippen LogP contribution is -2.34. The maximum Gasteiger partial charge on any atom is 0.267 e. The van der Waals surface area contributed by atoms with E-state index in [0.29, 0.717) is 17.8 Å². The zero-order chi connectivity index (χ0) is 20.3. The Morgan fingerprint density at radius 1 is 1.00 bits per heavy atom. The van der Waals surface area contributed by atoms with Gasteiger partial charge in [0, 0.05) is 17.3 Å². The van der Waals surface area contributed by atoms with E-state index in [0.717, 1.165) is 22.3 Å². The van der Waals surface area contributed by atoms with Gasteiger partial charge in [0.1, 0.15) is 6.04 Å². The molecule has 0 aliphatic carbocycles. The van der Waals surface area contributed by atoms with E-state index in [1.807, 2.05) is 70.2 Å². The molecular formula is C23H25N3O2. The minimum absolute atomic E-state index is 0.251. The van der Waals surface area contributed by atoms with Gasteiger partial charge in [-0.2, -0.15) is 5.10 Å². The highest BCUT2D eigenvalue weighted by Crippen LogP contribution is 2.23. The predicted molar refractivity (Wildman–Crippen MR) is 113 cm³/mol. The van der Waals surface area contributed by atoms with Crippen LogP contribution in [0.25, 0.3) is 11.3 Å². The molecule has 1 atom stereocenters. The molecule has 0 aliphatic rings. The first-order chi connectivity index (χ1) is 13.4. The lowest BCUT2D eigenvalue weighted by Gasteiger charge is -2.18. The van der Waals surface area contributed by atoms with Crippen LogP contribution in [-0.4, -0.2) is 15.7 Å². The van der Waals surface area contributed by atoms with Crippen molar-refractivity contribution in [2.45, 2.75) is 40.2 Å². The Morgan fingerprint density at radius 3 is 2.36 bits per heavy atom. The van der Waals surface area contributed by atoms with E-state index in [-0.39, 0.29) is 11.5 Å². The Bertz CT molecular complexity index is 1050. The summed E-state index contributed by atoms with van der Waals surface area (Å²) < 4.78 is 1.29. The van der Waals surface area contributed by atoms with E-state index in [2.05, 4.69) is 10.4 Å². The Kier molecular flexibility index (Phi) is 5.73. The van der Waals surface area contributed by atoms with Gasteiger partial charge in [0.2, 0.25) is 5.91 Å². The van der Waals surface area contributed by atoms with Crippen molar-refractivity contribution in [1.29, 1.82) is 0 Å². The van der Waals surface area contributed by atoms with Crippen LogP contribution in [0.15, 0.2) is 59.4 Å². The van der Waals surface area contributed by atoms with Crippen molar-refractivity contribution in [2.75, 3.05) is 5.32 Å². The molecule has 0 aliphatic heterocycles. The first-order valence-electron chi connectivity index (χ1n) is 9.44. The molecule has 3 aromatic rings. The van der Waals surface area contributed by atoms with Crippen molar-refractivity contribution in [3.63, 3.8) is 0 Å². The summed E-state index contributed by atoms with van der Waals surface area (Å²) in [5.41, 5.74) is 5.35. The predicted octanol–water partition coefficient (Wildman–Crippen LogP) is 4.43. The number of anilines is 1. The summed E-state index contributed by atoms with van der Waals surface area (Å²) in [7, 11) is 0. The fourth-order valence-corrected chi connectivity index (χ4v) is 3.14. The first kappa shape index (κ1) is 19.5. The van der Waals surface area contributed by atoms with Gasteiger partial charge in [-0.05, 0) is 57.0 Å². The SMILES string of the molecule is CCC(C(=O)Nc1ccc(C)cc1)n1nc(-c2cc(C)ccc2C)ccc1=O. The molecule has 144 valence electrons. The molecule has 3 rings (SSSR count). The van der Waals surface area contributed by atoms with E-state index in [1.165, 1.54) is 10.7 Å². The van der Waals surface area contributed by atoms with Gasteiger partial charge < -0.3 is 5.32 Å². The molecule has 1 unspecified atom stereocenters. The first-order valence-corrected chi connectivity index (χ1v) is 9.44. The third-order valence-electron chi connectivity index (χ3n) is 4.80. The Labute approximate surface area is 165 Å². The van der Waals surface area contributed by atoms with Gasteiger partial charge in [-0.3, -0.25) is 9.59 Å². The minimum atomic E-state index is -0.682. The van der Waals surface area contributed by atoms with E-state index < -0.39 is 6.04 Å². The maximum absolute atomic E-state index is 12.8. The highest BCUT2D eigenvalue weighted by atomic mass is 16.2. The largest absolute Gasteiger partial charge is 0.324 e. The fourth-order valence-electron chi connectivity index (χ4n) is 3.14. The number of benzene rings is 2. The molecule has 0 bridgehead atoms. The number of hydrogen-bond donors (Lipinski definition) is 1. The van der Waals surface area contributed by atoms with Crippen molar-refractivity contribution >= 4 is 11.6 Å². The molecule has 0 saturated heterocycles. The summed E-state index contributed by atoms with van der Waals surface area (Å²) in [6.45, 7) is 7.89. The third kappa shape index (κ3) is 4.19. The number of nitrogens with one attached hydrogen (secondary N) is 1. The van der Waals surface area contributed by atoms with Crippen LogP contribution < -0.4 is 10.9 Å². The standard InChI is InChI=1S/C23H25N3O2/c1-5-21(23(28)24-18-10-7-15(2)8-11-18)26-22(27)13-12-20(25-26)19-14-16(3)6-9-17(19)4/h6-14,21H,5H2,1-4H3,(H,24,28). The Hall–Kier alpha value is -3.21. The lowest BCUT2D eigenvalue weighted by molar-refractivity contribution is -0.119. The van der Waals surface area contributed by atoms with Crippen LogP contribution in [0.2, 0.25) is 0 Å². The Morgan fingerprint density at radius 2 is 1.68 bits per heavy atom. The smallest absolute Gasteiger partial charge is 0.267 e. The van der Waals surface area contributed by atoms with Crippen molar-refractivity contribution in [2.24, 2.45) is 0 Å². The topological polar surface area (TPSA) is 64.0 Å². The number of aryl methyl sites for hydroxylation is 3. The molecule has 1 amide bonds. The zero-order valence-electron chi connectivity index (χ0n) is 16.7. The summed E-state index contributed by atoms with van der Waals surface area (Å²) in [5, 5.41) is 7.42. The van der Waals surface area contributed by atoms with E-state index in [1.54, 1.807) is 6.07 Å². The van der Waals surface area contributed by atoms with Crippen LogP contribution in [0.4, 0.5) is 5.69 Å². The van der Waals surface area contributed by atoms with Crippen LogP contribution in [0.1, 0.15) is 36.1 Å². The van der Waals surface area contributed by atoms with Gasteiger partial charge >= 0.3 is 0 Å². The van der Waals surface area contributed by atoms with Crippen molar-refractivity contribution < 1.29 is 4.79 Å². The molecule has 5 heteroatoms. The molecule has 1 N–H and O–H groups in total. The van der Waals surface area contributed by atoms with Crippen LogP contribution >= 0.6 is 0 Å². The van der Waals surface area contributed by atoms with Gasteiger partial charge in [0.15, 0.2) is 0 Å². The van der Waals surface area contributed by atoms with E-state index in [9.17, 15) is 9.59 Å². The second kappa shape index (κ2) is 8.21. The minimum Gasteiger partial charge on any atom is -0.324 e. The van der Waals surface area contributed by atoms with Crippen molar-refractivity contribution in [1.82, 2.24) is 9.78 Å². The number of hydrogen-bond acceptors (Lipinski definition) is 3. The number of amides is 1. The zero-order valence-corrected chi connectivity index (χ0v) is 16.7. The highest BCUT2D eigenvalue weighted by molar-refractivity contribution is 5.93. The van der Waals surface area contributed by atoms with Gasteiger partial charge in [0.25, 0.3) is 5.56 Å². The van der Waals surface area contributed by atoms with E-state index >= 15 is 0 Å². The summed E-state index contributed by atoms with van der Waals surface area (Å²) in [6, 6.07) is 16.2. The summed E-state index contributed by atoms with van der Waals surface area (Å²) >= 11 is 0. The highest BCUT2D eigenvalue weighted by Gasteiger charge is 2.21. The van der Waals surface area contributed by atoms with Gasteiger partial charge in [0.05, 0.1) is 5.69 Å². The van der Waals surface area contributed by atoms with Crippen LogP contribution in [0.5, 0.6) is 0 Å². The maximum atomic E-state index is 12.8. The van der Waals surface area contributed by atoms with Crippen LogP contribution in [-0.2, 0) is 4.79 Å². The number of rotatable bonds is 5. The molecule has 1 heterocycles.